The van der Waals surface area contributed by atoms with Crippen LogP contribution in [0.3, 0.4) is 0 Å². The Balaban J connectivity index is 1.60. The Morgan fingerprint density at radius 2 is 0.514 bits per heavy atom. The third-order valence-corrected chi connectivity index (χ3v) is 13.6. The fourth-order valence-electron chi connectivity index (χ4n) is 9.72. The van der Waals surface area contributed by atoms with Crippen molar-refractivity contribution in [2.45, 2.75) is 117 Å². The molecule has 72 heavy (non-hydrogen) atoms. The van der Waals surface area contributed by atoms with Crippen molar-refractivity contribution in [1.29, 1.82) is 0 Å². The maximum Gasteiger partial charge on any atom is 0.270 e. The lowest BCUT2D eigenvalue weighted by Gasteiger charge is -2.25. The standard InChI is InChI=1S/C57H63N3O12/c1-55(2,3)43-19-37-13-31-25-46(58(64)65)27-33(49(31)61)15-39-21-44(56(4,5)6)23-41(53(39)71-11)17-35-29-48(60(68)69)30-36(51(35)63)18-42-24-45(57(7,8)9)22-40(54(42)72-12)16-34-28-47(59(66)67)26-32(50(34)62)14-38(20-43)52(37)70-10/h19-30,61-63H,13-18H2,1-12H3. The van der Waals surface area contributed by atoms with E-state index in [1.165, 1.54) is 57.7 Å². The van der Waals surface area contributed by atoms with Gasteiger partial charge in [-0.15, -0.1) is 0 Å². The largest absolute Gasteiger partial charge is 0.507 e. The second-order valence-corrected chi connectivity index (χ2v) is 21.9. The van der Waals surface area contributed by atoms with Crippen molar-refractivity contribution in [2.75, 3.05) is 21.3 Å². The predicted octanol–water partition coefficient (Wildman–Crippen LogP) is 12.3. The monoisotopic (exact) mass is 981 g/mol. The van der Waals surface area contributed by atoms with Gasteiger partial charge in [0.25, 0.3) is 17.1 Å². The fourth-order valence-corrected chi connectivity index (χ4v) is 9.72. The molecule has 15 nitrogen and oxygen atoms in total. The van der Waals surface area contributed by atoms with E-state index in [9.17, 15) is 45.7 Å². The highest BCUT2D eigenvalue weighted by Crippen LogP contribution is 2.44. The van der Waals surface area contributed by atoms with Crippen LogP contribution in [0.15, 0.2) is 72.8 Å². The van der Waals surface area contributed by atoms with Gasteiger partial charge in [-0.3, -0.25) is 30.3 Å². The van der Waals surface area contributed by atoms with Gasteiger partial charge < -0.3 is 29.5 Å². The van der Waals surface area contributed by atoms with Gasteiger partial charge in [0.05, 0.1) is 36.1 Å². The van der Waals surface area contributed by atoms with E-state index in [1.54, 1.807) is 0 Å². The molecule has 0 amide bonds. The lowest BCUT2D eigenvalue weighted by atomic mass is 9.81. The molecule has 0 saturated heterocycles. The molecule has 1 aliphatic carbocycles. The highest BCUT2D eigenvalue weighted by molar-refractivity contribution is 5.62. The molecule has 0 saturated carbocycles. The average molecular weight is 982 g/mol. The van der Waals surface area contributed by atoms with Crippen molar-refractivity contribution in [2.24, 2.45) is 0 Å². The third kappa shape index (κ3) is 10.7. The number of nitrogens with zero attached hydrogens (tertiary/aromatic N) is 3. The summed E-state index contributed by atoms with van der Waals surface area (Å²) in [7, 11) is 4.45. The summed E-state index contributed by atoms with van der Waals surface area (Å²) in [6.07, 6.45) is -0.180. The van der Waals surface area contributed by atoms with Gasteiger partial charge in [-0.25, -0.2) is 0 Å². The second kappa shape index (κ2) is 19.5. The number of nitro groups is 3. The van der Waals surface area contributed by atoms with Crippen LogP contribution in [0, 0.1) is 30.3 Å². The Labute approximate surface area is 419 Å². The van der Waals surface area contributed by atoms with Crippen LogP contribution in [-0.2, 0) is 54.8 Å². The number of fused-ring (bicyclic) bond motifs is 12. The number of hydrogen-bond acceptors (Lipinski definition) is 12. The second-order valence-electron chi connectivity index (χ2n) is 21.9. The molecule has 15 heteroatoms. The number of benzene rings is 6. The van der Waals surface area contributed by atoms with E-state index in [1.807, 2.05) is 98.7 Å². The van der Waals surface area contributed by atoms with Crippen LogP contribution >= 0.6 is 0 Å². The van der Waals surface area contributed by atoms with Crippen molar-refractivity contribution >= 4 is 17.1 Å². The number of hydrogen-bond donors (Lipinski definition) is 3. The molecule has 3 N–H and O–H groups in total. The van der Waals surface area contributed by atoms with Crippen molar-refractivity contribution in [3.8, 4) is 34.5 Å². The molecular weight excluding hydrogens is 919 g/mol. The first-order valence-electron chi connectivity index (χ1n) is 23.7. The Morgan fingerprint density at radius 1 is 0.347 bits per heavy atom. The Bertz CT molecular complexity index is 2690. The summed E-state index contributed by atoms with van der Waals surface area (Å²) >= 11 is 0. The van der Waals surface area contributed by atoms with Gasteiger partial charge in [-0.2, -0.15) is 0 Å². The van der Waals surface area contributed by atoms with Gasteiger partial charge in [0, 0.05) is 108 Å². The number of rotatable bonds is 6. The number of phenolic OH excluding ortho intramolecular Hbond substituents is 3. The van der Waals surface area contributed by atoms with E-state index >= 15 is 0 Å². The zero-order valence-corrected chi connectivity index (χ0v) is 43.0. The lowest BCUT2D eigenvalue weighted by Crippen LogP contribution is -2.14. The maximum absolute atomic E-state index is 12.7. The molecule has 6 aromatic carbocycles. The topological polar surface area (TPSA) is 218 Å². The minimum absolute atomic E-state index is 0.0299. The summed E-state index contributed by atoms with van der Waals surface area (Å²) in [6, 6.07) is 19.5. The Morgan fingerprint density at radius 3 is 0.639 bits per heavy atom. The van der Waals surface area contributed by atoms with Crippen molar-refractivity contribution < 1.29 is 44.3 Å². The fraction of sp³-hybridized carbons (Fsp3) is 0.368. The van der Waals surface area contributed by atoms with Crippen molar-refractivity contribution in [1.82, 2.24) is 0 Å². The van der Waals surface area contributed by atoms with Crippen molar-refractivity contribution in [3.05, 3.63) is 187 Å². The van der Waals surface area contributed by atoms with Gasteiger partial charge >= 0.3 is 0 Å². The van der Waals surface area contributed by atoms with Crippen molar-refractivity contribution in [3.63, 3.8) is 0 Å². The molecule has 1 aliphatic rings. The molecule has 0 heterocycles. The van der Waals surface area contributed by atoms with E-state index in [0.29, 0.717) is 50.6 Å². The van der Waals surface area contributed by atoms with Gasteiger partial charge in [0.2, 0.25) is 0 Å². The molecule has 0 radical (unpaired) electrons. The number of non-ortho nitro benzene ring substituents is 3. The maximum atomic E-state index is 12.7. The Hall–Kier alpha value is -7.68. The first-order chi connectivity index (χ1) is 33.6. The normalized spacial score (nSPS) is 13.2. The third-order valence-electron chi connectivity index (χ3n) is 13.6. The number of aromatic hydroxyl groups is 3. The first-order valence-corrected chi connectivity index (χ1v) is 23.7. The molecule has 0 unspecified atom stereocenters. The summed E-state index contributed by atoms with van der Waals surface area (Å²) in [5.41, 5.74) is 5.20. The van der Waals surface area contributed by atoms with Gasteiger partial charge in [-0.1, -0.05) is 98.7 Å². The van der Waals surface area contributed by atoms with Crippen LogP contribution in [0.2, 0.25) is 0 Å². The molecule has 0 aromatic heterocycles. The number of methoxy groups -OCH3 is 3. The summed E-state index contributed by atoms with van der Waals surface area (Å²) < 4.78 is 18.4. The SMILES string of the molecule is COc1c2cc(C(C)(C)C)cc1Cc1cc([N+](=O)[O-])cc(c1O)Cc1cc(C(C)(C)C)cc(c1OC)Cc1cc([N+](=O)[O-])cc(c1O)Cc1cc(C(C)(C)C)cc(c1OC)Cc1cc([N+](=O)[O-])cc(c1O)C2. The highest BCUT2D eigenvalue weighted by atomic mass is 16.6. The number of ether oxygens (including phenoxy) is 3. The van der Waals surface area contributed by atoms with E-state index in [0.717, 1.165) is 16.7 Å². The smallest absolute Gasteiger partial charge is 0.270 e. The molecule has 378 valence electrons. The van der Waals surface area contributed by atoms with Crippen LogP contribution in [0.25, 0.3) is 0 Å². The molecule has 6 aromatic rings. The van der Waals surface area contributed by atoms with Crippen LogP contribution in [0.1, 0.15) is 146 Å². The number of phenols is 3. The first kappa shape index (κ1) is 52.2. The molecule has 0 atom stereocenters. The molecule has 0 aliphatic heterocycles. The quantitative estimate of drug-likeness (QED) is 0.105. The molecule has 0 spiro atoms. The van der Waals surface area contributed by atoms with Crippen LogP contribution in [0.4, 0.5) is 17.1 Å². The molecular formula is C57H63N3O12. The summed E-state index contributed by atoms with van der Waals surface area (Å²) in [4.78, 5) is 36.4. The zero-order chi connectivity index (χ0) is 52.9. The van der Waals surface area contributed by atoms with Crippen LogP contribution in [0.5, 0.6) is 34.5 Å². The van der Waals surface area contributed by atoms with E-state index in [2.05, 4.69) is 0 Å². The number of nitro benzene ring substituents is 3. The summed E-state index contributed by atoms with van der Waals surface area (Å²) in [5.74, 6) is 0.534. The predicted molar refractivity (Wildman–Crippen MR) is 276 cm³/mol. The minimum Gasteiger partial charge on any atom is -0.507 e. The summed E-state index contributed by atoms with van der Waals surface area (Å²) in [6.45, 7) is 18.2. The van der Waals surface area contributed by atoms with Crippen LogP contribution in [-0.4, -0.2) is 51.4 Å². The van der Waals surface area contributed by atoms with Gasteiger partial charge in [0.15, 0.2) is 0 Å². The molecule has 12 bridgehead atoms. The molecule has 7 rings (SSSR count). The highest BCUT2D eigenvalue weighted by Gasteiger charge is 2.29. The van der Waals surface area contributed by atoms with Gasteiger partial charge in [0.1, 0.15) is 34.5 Å². The van der Waals surface area contributed by atoms with Gasteiger partial charge in [-0.05, 0) is 66.3 Å². The minimum atomic E-state index is -0.523. The summed E-state index contributed by atoms with van der Waals surface area (Å²) in [5, 5.41) is 74.7. The molecule has 0 fully saturated rings. The zero-order valence-electron chi connectivity index (χ0n) is 43.0. The van der Waals surface area contributed by atoms with E-state index in [-0.39, 0.29) is 106 Å². The van der Waals surface area contributed by atoms with E-state index < -0.39 is 31.0 Å². The Kier molecular flexibility index (Phi) is 14.1. The van der Waals surface area contributed by atoms with E-state index in [4.69, 9.17) is 14.2 Å². The lowest BCUT2D eigenvalue weighted by molar-refractivity contribution is -0.385. The average Bonchev–Trinajstić information content (AvgIpc) is 3.28. The van der Waals surface area contributed by atoms with Crippen LogP contribution < -0.4 is 14.2 Å².